The molecule has 2 nitrogen and oxygen atoms in total. The summed E-state index contributed by atoms with van der Waals surface area (Å²) in [5, 5.41) is 16.4. The Balaban J connectivity index is 4.67. The van der Waals surface area contributed by atoms with Gasteiger partial charge in [-0.05, 0) is 0 Å². The molecular formula is C5H6F6O2. The molecular weight excluding hydrogens is 206 g/mol. The van der Waals surface area contributed by atoms with Crippen LogP contribution >= 0.6 is 0 Å². The molecule has 1 atom stereocenters. The third kappa shape index (κ3) is 3.39. The number of aliphatic hydroxyl groups is 2. The lowest BCUT2D eigenvalue weighted by Gasteiger charge is -2.28. The molecule has 0 bridgehead atoms. The first-order chi connectivity index (χ1) is 5.52. The predicted molar refractivity (Wildman–Crippen MR) is 28.8 cm³/mol. The first kappa shape index (κ1) is 12.5. The van der Waals surface area contributed by atoms with Gasteiger partial charge in [-0.1, -0.05) is 0 Å². The third-order valence-electron chi connectivity index (χ3n) is 1.28. The Labute approximate surface area is 68.8 Å². The molecule has 0 aromatic rings. The fourth-order valence-electron chi connectivity index (χ4n) is 0.577. The van der Waals surface area contributed by atoms with E-state index in [4.69, 9.17) is 10.2 Å². The smallest absolute Gasteiger partial charge is 0.393 e. The Morgan fingerprint density at radius 1 is 0.923 bits per heavy atom. The summed E-state index contributed by atoms with van der Waals surface area (Å²) >= 11 is 0. The van der Waals surface area contributed by atoms with Gasteiger partial charge in [0, 0.05) is 0 Å². The molecule has 2 N–H and O–H groups in total. The van der Waals surface area contributed by atoms with E-state index in [1.165, 1.54) is 0 Å². The zero-order valence-electron chi connectivity index (χ0n) is 6.08. The van der Waals surface area contributed by atoms with Gasteiger partial charge in [-0.15, -0.1) is 0 Å². The Morgan fingerprint density at radius 3 is 1.38 bits per heavy atom. The minimum absolute atomic E-state index is 2.02. The third-order valence-corrected chi connectivity index (χ3v) is 1.28. The SMILES string of the molecule is OCC(O)(CC(F)(F)F)C(F)(F)F. The van der Waals surface area contributed by atoms with E-state index >= 15 is 0 Å². The molecule has 0 aliphatic rings. The van der Waals surface area contributed by atoms with Crippen LogP contribution in [0.15, 0.2) is 0 Å². The Hall–Kier alpha value is -0.500. The number of aliphatic hydroxyl groups excluding tert-OH is 1. The molecule has 0 radical (unpaired) electrons. The lowest BCUT2D eigenvalue weighted by Crippen LogP contribution is -2.51. The number of hydrogen-bond acceptors (Lipinski definition) is 2. The summed E-state index contributed by atoms with van der Waals surface area (Å²) in [5.74, 6) is 0. The van der Waals surface area contributed by atoms with Gasteiger partial charge in [0.2, 0.25) is 0 Å². The van der Waals surface area contributed by atoms with E-state index in [1.807, 2.05) is 0 Å². The maximum atomic E-state index is 11.7. The van der Waals surface area contributed by atoms with Crippen LogP contribution in [0.25, 0.3) is 0 Å². The largest absolute Gasteiger partial charge is 0.419 e. The monoisotopic (exact) mass is 212 g/mol. The minimum atomic E-state index is -5.50. The number of hydrogen-bond donors (Lipinski definition) is 2. The van der Waals surface area contributed by atoms with Crippen molar-refractivity contribution >= 4 is 0 Å². The summed E-state index contributed by atoms with van der Waals surface area (Å²) in [5.41, 5.74) is -4.11. The van der Waals surface area contributed by atoms with E-state index in [1.54, 1.807) is 0 Å². The van der Waals surface area contributed by atoms with Gasteiger partial charge in [0.1, 0.15) is 0 Å². The molecule has 0 aromatic carbocycles. The molecule has 13 heavy (non-hydrogen) atoms. The highest BCUT2D eigenvalue weighted by atomic mass is 19.4. The van der Waals surface area contributed by atoms with Crippen molar-refractivity contribution in [3.63, 3.8) is 0 Å². The normalized spacial score (nSPS) is 18.5. The molecule has 8 heteroatoms. The quantitative estimate of drug-likeness (QED) is 0.675. The molecule has 0 aliphatic carbocycles. The summed E-state index contributed by atoms with van der Waals surface area (Å²) in [6, 6.07) is 0. The van der Waals surface area contributed by atoms with Crippen molar-refractivity contribution in [2.45, 2.75) is 24.4 Å². The van der Waals surface area contributed by atoms with Crippen LogP contribution in [0.4, 0.5) is 26.3 Å². The van der Waals surface area contributed by atoms with E-state index in [0.29, 0.717) is 0 Å². The van der Waals surface area contributed by atoms with Crippen molar-refractivity contribution in [1.29, 1.82) is 0 Å². The Bertz CT molecular complexity index is 173. The molecule has 0 aliphatic heterocycles. The highest BCUT2D eigenvalue weighted by molar-refractivity contribution is 4.88. The average molecular weight is 212 g/mol. The average Bonchev–Trinajstić information content (AvgIpc) is 1.81. The van der Waals surface area contributed by atoms with Crippen LogP contribution in [0.2, 0.25) is 0 Å². The Kier molecular flexibility index (Phi) is 3.21. The van der Waals surface area contributed by atoms with Crippen LogP contribution in [-0.4, -0.2) is 34.8 Å². The van der Waals surface area contributed by atoms with Crippen molar-refractivity contribution in [2.24, 2.45) is 0 Å². The van der Waals surface area contributed by atoms with Crippen LogP contribution in [0, 0.1) is 0 Å². The van der Waals surface area contributed by atoms with Crippen LogP contribution in [0.3, 0.4) is 0 Å². The van der Waals surface area contributed by atoms with Gasteiger partial charge < -0.3 is 10.2 Å². The summed E-state index contributed by atoms with van der Waals surface area (Å²) in [4.78, 5) is 0. The van der Waals surface area contributed by atoms with E-state index in [0.717, 1.165) is 0 Å². The standard InChI is InChI=1S/C5H6F6O2/c6-4(7,8)1-3(13,2-12)5(9,10)11/h12-13H,1-2H2. The molecule has 80 valence electrons. The van der Waals surface area contributed by atoms with E-state index in [9.17, 15) is 26.3 Å². The minimum Gasteiger partial charge on any atom is -0.393 e. The first-order valence-electron chi connectivity index (χ1n) is 2.98. The zero-order chi connectivity index (χ0) is 10.9. The topological polar surface area (TPSA) is 40.5 Å². The van der Waals surface area contributed by atoms with Gasteiger partial charge in [-0.2, -0.15) is 26.3 Å². The lowest BCUT2D eigenvalue weighted by molar-refractivity contribution is -0.302. The fraction of sp³-hybridized carbons (Fsp3) is 1.00. The van der Waals surface area contributed by atoms with Gasteiger partial charge in [0.05, 0.1) is 13.0 Å². The molecule has 0 amide bonds. The first-order valence-corrected chi connectivity index (χ1v) is 2.98. The second kappa shape index (κ2) is 3.33. The fourth-order valence-corrected chi connectivity index (χ4v) is 0.577. The molecule has 0 rings (SSSR count). The summed E-state index contributed by atoms with van der Waals surface area (Å²) < 4.78 is 69.7. The van der Waals surface area contributed by atoms with Crippen molar-refractivity contribution < 1.29 is 36.6 Å². The van der Waals surface area contributed by atoms with Crippen LogP contribution in [0.5, 0.6) is 0 Å². The second-order valence-electron chi connectivity index (χ2n) is 2.48. The molecule has 0 aromatic heterocycles. The van der Waals surface area contributed by atoms with Crippen molar-refractivity contribution in [2.75, 3.05) is 6.61 Å². The van der Waals surface area contributed by atoms with Gasteiger partial charge in [0.15, 0.2) is 5.60 Å². The van der Waals surface area contributed by atoms with Crippen LogP contribution in [0.1, 0.15) is 6.42 Å². The summed E-state index contributed by atoms with van der Waals surface area (Å²) in [7, 11) is 0. The highest BCUT2D eigenvalue weighted by Gasteiger charge is 2.58. The molecule has 1 unspecified atom stereocenters. The Morgan fingerprint density at radius 2 is 1.31 bits per heavy atom. The van der Waals surface area contributed by atoms with Gasteiger partial charge >= 0.3 is 12.4 Å². The number of halogens is 6. The molecule has 0 saturated heterocycles. The molecule has 0 heterocycles. The molecule has 0 saturated carbocycles. The van der Waals surface area contributed by atoms with Gasteiger partial charge in [0.25, 0.3) is 0 Å². The molecule has 0 fully saturated rings. The van der Waals surface area contributed by atoms with E-state index in [-0.39, 0.29) is 0 Å². The lowest BCUT2D eigenvalue weighted by atomic mass is 10.0. The number of rotatable bonds is 2. The van der Waals surface area contributed by atoms with Gasteiger partial charge in [-0.3, -0.25) is 0 Å². The maximum Gasteiger partial charge on any atom is 0.419 e. The predicted octanol–water partition coefficient (Wildman–Crippen LogP) is 1.22. The number of alkyl halides is 6. The summed E-state index contributed by atoms with van der Waals surface area (Å²) in [6.07, 6.45) is -13.2. The highest BCUT2D eigenvalue weighted by Crippen LogP contribution is 2.38. The second-order valence-corrected chi connectivity index (χ2v) is 2.48. The zero-order valence-corrected chi connectivity index (χ0v) is 6.08. The van der Waals surface area contributed by atoms with Crippen LogP contribution < -0.4 is 0 Å². The van der Waals surface area contributed by atoms with E-state index < -0.39 is 31.0 Å². The van der Waals surface area contributed by atoms with Crippen molar-refractivity contribution in [3.05, 3.63) is 0 Å². The van der Waals surface area contributed by atoms with E-state index in [2.05, 4.69) is 0 Å². The van der Waals surface area contributed by atoms with Gasteiger partial charge in [-0.25, -0.2) is 0 Å². The van der Waals surface area contributed by atoms with Crippen molar-refractivity contribution in [1.82, 2.24) is 0 Å². The maximum absolute atomic E-state index is 11.7. The summed E-state index contributed by atoms with van der Waals surface area (Å²) in [6.45, 7) is -2.02. The molecule has 0 spiro atoms. The van der Waals surface area contributed by atoms with Crippen molar-refractivity contribution in [3.8, 4) is 0 Å². The van der Waals surface area contributed by atoms with Crippen LogP contribution in [-0.2, 0) is 0 Å².